The third-order valence-corrected chi connectivity index (χ3v) is 4.99. The van der Waals surface area contributed by atoms with Crippen LogP contribution < -0.4 is 5.32 Å². The van der Waals surface area contributed by atoms with E-state index in [1.54, 1.807) is 0 Å². The number of hydrogen-bond donors (Lipinski definition) is 1. The standard InChI is InChI=1S/C18H21BrClN/c1-3-13-8-10-14(11-9-13)12-17(21-4-2)15-6-5-7-16(19)18(15)20/h5-11,17,21H,3-4,12H2,1-2H3. The van der Waals surface area contributed by atoms with Crippen LogP contribution in [0.1, 0.15) is 36.6 Å². The molecule has 0 aliphatic carbocycles. The summed E-state index contributed by atoms with van der Waals surface area (Å²) < 4.78 is 0.950. The molecule has 0 fully saturated rings. The van der Waals surface area contributed by atoms with Gasteiger partial charge in [-0.25, -0.2) is 0 Å². The number of rotatable bonds is 6. The third kappa shape index (κ3) is 4.32. The van der Waals surface area contributed by atoms with E-state index in [1.807, 2.05) is 12.1 Å². The number of halogens is 2. The molecule has 0 aromatic heterocycles. The Balaban J connectivity index is 2.24. The molecule has 0 heterocycles. The van der Waals surface area contributed by atoms with Crippen molar-refractivity contribution in [2.45, 2.75) is 32.7 Å². The normalized spacial score (nSPS) is 12.4. The Morgan fingerprint density at radius 1 is 1.05 bits per heavy atom. The molecule has 1 unspecified atom stereocenters. The average Bonchev–Trinajstić information content (AvgIpc) is 2.50. The molecule has 112 valence electrons. The first-order valence-electron chi connectivity index (χ1n) is 7.40. The molecule has 0 amide bonds. The summed E-state index contributed by atoms with van der Waals surface area (Å²) in [6.45, 7) is 5.22. The van der Waals surface area contributed by atoms with Crippen LogP contribution in [0.2, 0.25) is 5.02 Å². The molecule has 0 spiro atoms. The minimum atomic E-state index is 0.229. The van der Waals surface area contributed by atoms with Gasteiger partial charge in [0.15, 0.2) is 0 Å². The lowest BCUT2D eigenvalue weighted by Crippen LogP contribution is -2.23. The molecule has 1 N–H and O–H groups in total. The second-order valence-electron chi connectivity index (χ2n) is 5.13. The minimum absolute atomic E-state index is 0.229. The Bertz CT molecular complexity index is 580. The number of aryl methyl sites for hydroxylation is 1. The number of hydrogen-bond acceptors (Lipinski definition) is 1. The topological polar surface area (TPSA) is 12.0 Å². The highest BCUT2D eigenvalue weighted by Crippen LogP contribution is 2.31. The van der Waals surface area contributed by atoms with E-state index in [9.17, 15) is 0 Å². The van der Waals surface area contributed by atoms with E-state index in [2.05, 4.69) is 65.4 Å². The van der Waals surface area contributed by atoms with Crippen molar-refractivity contribution in [1.29, 1.82) is 0 Å². The molecular formula is C18H21BrClN. The summed E-state index contributed by atoms with van der Waals surface area (Å²) in [5.41, 5.74) is 3.85. The van der Waals surface area contributed by atoms with Crippen LogP contribution in [0.5, 0.6) is 0 Å². The van der Waals surface area contributed by atoms with E-state index in [4.69, 9.17) is 11.6 Å². The van der Waals surface area contributed by atoms with Gasteiger partial charge in [0.25, 0.3) is 0 Å². The van der Waals surface area contributed by atoms with Gasteiger partial charge in [-0.2, -0.15) is 0 Å². The van der Waals surface area contributed by atoms with Gasteiger partial charge in [-0.15, -0.1) is 0 Å². The molecule has 21 heavy (non-hydrogen) atoms. The number of nitrogens with one attached hydrogen (secondary N) is 1. The van der Waals surface area contributed by atoms with E-state index in [-0.39, 0.29) is 6.04 Å². The zero-order valence-corrected chi connectivity index (χ0v) is 14.8. The molecule has 2 aromatic rings. The molecule has 0 bridgehead atoms. The molecule has 0 aliphatic rings. The van der Waals surface area contributed by atoms with Crippen molar-refractivity contribution in [3.63, 3.8) is 0 Å². The summed E-state index contributed by atoms with van der Waals surface area (Å²) in [6, 6.07) is 15.2. The number of benzene rings is 2. The van der Waals surface area contributed by atoms with Crippen LogP contribution >= 0.6 is 27.5 Å². The molecule has 1 atom stereocenters. The van der Waals surface area contributed by atoms with Crippen molar-refractivity contribution in [3.8, 4) is 0 Å². The van der Waals surface area contributed by atoms with Crippen molar-refractivity contribution in [1.82, 2.24) is 5.32 Å². The second kappa shape index (κ2) is 7.98. The first-order valence-corrected chi connectivity index (χ1v) is 8.57. The fraction of sp³-hybridized carbons (Fsp3) is 0.333. The van der Waals surface area contributed by atoms with Crippen molar-refractivity contribution in [2.24, 2.45) is 0 Å². The smallest absolute Gasteiger partial charge is 0.0595 e. The van der Waals surface area contributed by atoms with Crippen molar-refractivity contribution < 1.29 is 0 Å². The van der Waals surface area contributed by atoms with Crippen LogP contribution in [0.15, 0.2) is 46.9 Å². The molecule has 0 aliphatic heterocycles. The maximum absolute atomic E-state index is 6.45. The van der Waals surface area contributed by atoms with Crippen LogP contribution in [0, 0.1) is 0 Å². The van der Waals surface area contributed by atoms with E-state index >= 15 is 0 Å². The first kappa shape index (κ1) is 16.5. The van der Waals surface area contributed by atoms with E-state index in [0.29, 0.717) is 0 Å². The third-order valence-electron chi connectivity index (χ3n) is 3.68. The summed E-state index contributed by atoms with van der Waals surface area (Å²) >= 11 is 9.96. The maximum Gasteiger partial charge on any atom is 0.0595 e. The van der Waals surface area contributed by atoms with Gasteiger partial charge in [-0.3, -0.25) is 0 Å². The molecular weight excluding hydrogens is 346 g/mol. The summed E-state index contributed by atoms with van der Waals surface area (Å²) in [5.74, 6) is 0. The Kier molecular flexibility index (Phi) is 6.28. The Morgan fingerprint density at radius 3 is 2.33 bits per heavy atom. The van der Waals surface area contributed by atoms with Crippen LogP contribution in [0.3, 0.4) is 0 Å². The fourth-order valence-electron chi connectivity index (χ4n) is 2.47. The van der Waals surface area contributed by atoms with E-state index in [0.717, 1.165) is 34.4 Å². The van der Waals surface area contributed by atoms with Gasteiger partial charge < -0.3 is 5.32 Å². The second-order valence-corrected chi connectivity index (χ2v) is 6.36. The predicted molar refractivity (Wildman–Crippen MR) is 95.1 cm³/mol. The lowest BCUT2D eigenvalue weighted by Gasteiger charge is -2.20. The SMILES string of the molecule is CCNC(Cc1ccc(CC)cc1)c1cccc(Br)c1Cl. The van der Waals surface area contributed by atoms with Crippen molar-refractivity contribution in [3.05, 3.63) is 68.7 Å². The quantitative estimate of drug-likeness (QED) is 0.706. The summed E-state index contributed by atoms with van der Waals surface area (Å²) in [6.07, 6.45) is 2.02. The van der Waals surface area contributed by atoms with Gasteiger partial charge in [0.2, 0.25) is 0 Å². The van der Waals surface area contributed by atoms with E-state index < -0.39 is 0 Å². The minimum Gasteiger partial charge on any atom is -0.310 e. The monoisotopic (exact) mass is 365 g/mol. The Labute approximate surface area is 140 Å². The van der Waals surface area contributed by atoms with Crippen LogP contribution in [0.4, 0.5) is 0 Å². The zero-order chi connectivity index (χ0) is 15.2. The van der Waals surface area contributed by atoms with Gasteiger partial charge in [0.05, 0.1) is 5.02 Å². The lowest BCUT2D eigenvalue weighted by molar-refractivity contribution is 0.550. The number of likely N-dealkylation sites (N-methyl/N-ethyl adjacent to an activating group) is 1. The highest BCUT2D eigenvalue weighted by molar-refractivity contribution is 9.10. The highest BCUT2D eigenvalue weighted by Gasteiger charge is 2.15. The van der Waals surface area contributed by atoms with E-state index in [1.165, 1.54) is 11.1 Å². The van der Waals surface area contributed by atoms with Gasteiger partial charge in [-0.1, -0.05) is 61.8 Å². The molecule has 2 aromatic carbocycles. The van der Waals surface area contributed by atoms with Gasteiger partial charge in [-0.05, 0) is 58.1 Å². The van der Waals surface area contributed by atoms with Gasteiger partial charge in [0, 0.05) is 10.5 Å². The predicted octanol–water partition coefficient (Wildman–Crippen LogP) is 5.56. The summed E-state index contributed by atoms with van der Waals surface area (Å²) in [7, 11) is 0. The molecule has 0 saturated carbocycles. The largest absolute Gasteiger partial charge is 0.310 e. The lowest BCUT2D eigenvalue weighted by atomic mass is 9.97. The van der Waals surface area contributed by atoms with Crippen molar-refractivity contribution >= 4 is 27.5 Å². The summed E-state index contributed by atoms with van der Waals surface area (Å²) in [4.78, 5) is 0. The molecule has 0 saturated heterocycles. The Morgan fingerprint density at radius 2 is 1.71 bits per heavy atom. The van der Waals surface area contributed by atoms with Gasteiger partial charge >= 0.3 is 0 Å². The zero-order valence-electron chi connectivity index (χ0n) is 12.5. The molecule has 1 nitrogen and oxygen atoms in total. The van der Waals surface area contributed by atoms with Gasteiger partial charge in [0.1, 0.15) is 0 Å². The molecule has 0 radical (unpaired) electrons. The van der Waals surface area contributed by atoms with Crippen molar-refractivity contribution in [2.75, 3.05) is 6.54 Å². The highest BCUT2D eigenvalue weighted by atomic mass is 79.9. The summed E-state index contributed by atoms with van der Waals surface area (Å²) in [5, 5.41) is 4.34. The average molecular weight is 367 g/mol. The molecule has 3 heteroatoms. The maximum atomic E-state index is 6.45. The first-order chi connectivity index (χ1) is 10.2. The van der Waals surface area contributed by atoms with Crippen LogP contribution in [0.25, 0.3) is 0 Å². The molecule has 2 rings (SSSR count). The fourth-order valence-corrected chi connectivity index (χ4v) is 3.11. The van der Waals surface area contributed by atoms with Crippen LogP contribution in [-0.2, 0) is 12.8 Å². The Hall–Kier alpha value is -0.830. The van der Waals surface area contributed by atoms with Crippen LogP contribution in [-0.4, -0.2) is 6.54 Å².